The van der Waals surface area contributed by atoms with E-state index in [0.717, 1.165) is 22.3 Å². The molecule has 0 spiro atoms. The van der Waals surface area contributed by atoms with Crippen molar-refractivity contribution in [2.75, 3.05) is 6.61 Å². The molecule has 0 saturated heterocycles. The summed E-state index contributed by atoms with van der Waals surface area (Å²) in [6, 6.07) is 15.7. The summed E-state index contributed by atoms with van der Waals surface area (Å²) in [4.78, 5) is 37.2. The minimum Gasteiger partial charge on any atom is -0.481 e. The van der Waals surface area contributed by atoms with Gasteiger partial charge in [0.25, 0.3) is 0 Å². The number of carbonyl (C=O) groups is 3. The molecule has 3 N–H and O–H groups in total. The fourth-order valence-electron chi connectivity index (χ4n) is 4.32. The van der Waals surface area contributed by atoms with Crippen LogP contribution in [0.25, 0.3) is 11.1 Å². The van der Waals surface area contributed by atoms with Gasteiger partial charge in [-0.2, -0.15) is 0 Å². The van der Waals surface area contributed by atoms with E-state index in [1.165, 1.54) is 0 Å². The fraction of sp³-hybridized carbons (Fsp3) is 0.464. The molecule has 0 bridgehead atoms. The first-order valence-electron chi connectivity index (χ1n) is 12.0. The van der Waals surface area contributed by atoms with Gasteiger partial charge in [0.15, 0.2) is 0 Å². The molecule has 0 saturated carbocycles. The first kappa shape index (κ1) is 26.3. The number of benzene rings is 2. The lowest BCUT2D eigenvalue weighted by Gasteiger charge is -2.41. The highest BCUT2D eigenvalue weighted by molar-refractivity contribution is 5.85. The van der Waals surface area contributed by atoms with Crippen molar-refractivity contribution in [1.29, 1.82) is 0 Å². The van der Waals surface area contributed by atoms with E-state index in [0.29, 0.717) is 0 Å². The molecule has 0 aromatic heterocycles. The average Bonchev–Trinajstić information content (AvgIpc) is 3.10. The molecule has 1 aliphatic rings. The molecule has 1 atom stereocenters. The van der Waals surface area contributed by atoms with Crippen LogP contribution in [0.2, 0.25) is 0 Å². The molecule has 2 aromatic carbocycles. The predicted molar refractivity (Wildman–Crippen MR) is 135 cm³/mol. The lowest BCUT2D eigenvalue weighted by atomic mass is 9.73. The van der Waals surface area contributed by atoms with Crippen LogP contribution in [0.15, 0.2) is 48.5 Å². The Morgan fingerprint density at radius 1 is 0.943 bits per heavy atom. The smallest absolute Gasteiger partial charge is 0.407 e. The minimum absolute atomic E-state index is 0.0518. The molecule has 35 heavy (non-hydrogen) atoms. The second-order valence-electron chi connectivity index (χ2n) is 10.6. The maximum absolute atomic E-state index is 13.1. The summed E-state index contributed by atoms with van der Waals surface area (Å²) < 4.78 is 5.66. The Morgan fingerprint density at radius 2 is 1.46 bits per heavy atom. The first-order valence-corrected chi connectivity index (χ1v) is 12.0. The quantitative estimate of drug-likeness (QED) is 0.471. The van der Waals surface area contributed by atoms with Crippen molar-refractivity contribution < 1.29 is 24.2 Å². The summed E-state index contributed by atoms with van der Waals surface area (Å²) in [6.07, 6.45) is -0.775. The van der Waals surface area contributed by atoms with Crippen LogP contribution in [0.4, 0.5) is 4.79 Å². The molecule has 0 heterocycles. The molecule has 7 nitrogen and oxygen atoms in total. The minimum atomic E-state index is -1.04. The van der Waals surface area contributed by atoms with Gasteiger partial charge in [0.1, 0.15) is 6.61 Å². The fourth-order valence-corrected chi connectivity index (χ4v) is 4.32. The highest BCUT2D eigenvalue weighted by atomic mass is 16.5. The highest BCUT2D eigenvalue weighted by Gasteiger charge is 2.45. The van der Waals surface area contributed by atoms with E-state index in [4.69, 9.17) is 4.74 Å². The molecule has 7 heteroatoms. The third-order valence-electron chi connectivity index (χ3n) is 7.40. The third-order valence-corrected chi connectivity index (χ3v) is 7.40. The van der Waals surface area contributed by atoms with E-state index in [1.54, 1.807) is 27.7 Å². The Balaban J connectivity index is 1.67. The zero-order valence-corrected chi connectivity index (χ0v) is 21.3. The Morgan fingerprint density at radius 3 is 1.94 bits per heavy atom. The Bertz CT molecular complexity index is 1060. The SMILES string of the molecule is CC(C)[C@@H](CC(=O)O)NC(=O)C(C)(C)C(C)(C)NC(=O)OCC1c2ccccc2-c2ccccc21. The molecular formula is C28H36N2O5. The number of ether oxygens (including phenoxy) is 1. The molecule has 3 rings (SSSR count). The summed E-state index contributed by atoms with van der Waals surface area (Å²) >= 11 is 0. The van der Waals surface area contributed by atoms with Crippen LogP contribution in [-0.2, 0) is 14.3 Å². The zero-order valence-electron chi connectivity index (χ0n) is 21.3. The monoisotopic (exact) mass is 480 g/mol. The number of hydrogen-bond acceptors (Lipinski definition) is 4. The number of fused-ring (bicyclic) bond motifs is 3. The summed E-state index contributed by atoms with van der Waals surface area (Å²) in [5.74, 6) is -1.42. The second kappa shape index (κ2) is 10.1. The number of rotatable bonds is 9. The molecule has 188 valence electrons. The summed E-state index contributed by atoms with van der Waals surface area (Å²) in [7, 11) is 0. The van der Waals surface area contributed by atoms with E-state index in [-0.39, 0.29) is 30.8 Å². The number of amides is 2. The van der Waals surface area contributed by atoms with Gasteiger partial charge in [0.05, 0.1) is 17.4 Å². The number of nitrogens with one attached hydrogen (secondary N) is 2. The second-order valence-corrected chi connectivity index (χ2v) is 10.6. The van der Waals surface area contributed by atoms with E-state index >= 15 is 0 Å². The van der Waals surface area contributed by atoms with Crippen LogP contribution in [0, 0.1) is 11.3 Å². The summed E-state index contributed by atoms with van der Waals surface area (Å²) in [6.45, 7) is 10.9. The first-order chi connectivity index (χ1) is 16.3. The van der Waals surface area contributed by atoms with Gasteiger partial charge in [-0.15, -0.1) is 0 Å². The number of carbonyl (C=O) groups excluding carboxylic acids is 2. The lowest BCUT2D eigenvalue weighted by molar-refractivity contribution is -0.139. The van der Waals surface area contributed by atoms with Crippen LogP contribution in [-0.4, -0.2) is 41.3 Å². The molecule has 0 unspecified atom stereocenters. The number of carboxylic acids is 1. The van der Waals surface area contributed by atoms with Gasteiger partial charge in [-0.05, 0) is 55.9 Å². The van der Waals surface area contributed by atoms with Crippen LogP contribution in [0.1, 0.15) is 65.0 Å². The average molecular weight is 481 g/mol. The van der Waals surface area contributed by atoms with Crippen LogP contribution >= 0.6 is 0 Å². The standard InChI is InChI=1S/C28H36N2O5/c1-17(2)23(15-24(31)32)29-25(33)27(3,4)28(5,6)30-26(34)35-16-22-20-13-9-7-11-18(20)19-12-8-10-14-21(19)22/h7-14,17,22-23H,15-16H2,1-6H3,(H,29,33)(H,30,34)(H,31,32)/t23-/m1/s1. The van der Waals surface area contributed by atoms with Gasteiger partial charge in [0, 0.05) is 12.0 Å². The van der Waals surface area contributed by atoms with Gasteiger partial charge in [-0.25, -0.2) is 4.79 Å². The normalized spacial score (nSPS) is 14.1. The molecule has 2 aromatic rings. The van der Waals surface area contributed by atoms with E-state index in [2.05, 4.69) is 34.9 Å². The Hall–Kier alpha value is -3.35. The van der Waals surface area contributed by atoms with Crippen molar-refractivity contribution in [3.05, 3.63) is 59.7 Å². The number of alkyl carbamates (subject to hydrolysis) is 1. The van der Waals surface area contributed by atoms with Crippen molar-refractivity contribution in [3.8, 4) is 11.1 Å². The van der Waals surface area contributed by atoms with Gasteiger partial charge in [0.2, 0.25) is 5.91 Å². The summed E-state index contributed by atoms with van der Waals surface area (Å²) in [5.41, 5.74) is 2.54. The predicted octanol–water partition coefficient (Wildman–Crippen LogP) is 4.95. The van der Waals surface area contributed by atoms with Crippen LogP contribution in [0.5, 0.6) is 0 Å². The number of carboxylic acid groups (broad SMARTS) is 1. The van der Waals surface area contributed by atoms with Crippen molar-refractivity contribution in [3.63, 3.8) is 0 Å². The van der Waals surface area contributed by atoms with E-state index in [9.17, 15) is 19.5 Å². The third kappa shape index (κ3) is 5.50. The summed E-state index contributed by atoms with van der Waals surface area (Å²) in [5, 5.41) is 14.9. The molecule has 0 aliphatic heterocycles. The molecule has 0 radical (unpaired) electrons. The highest BCUT2D eigenvalue weighted by Crippen LogP contribution is 2.44. The molecule has 1 aliphatic carbocycles. The van der Waals surface area contributed by atoms with E-state index < -0.39 is 29.1 Å². The largest absolute Gasteiger partial charge is 0.481 e. The van der Waals surface area contributed by atoms with Crippen molar-refractivity contribution >= 4 is 18.0 Å². The van der Waals surface area contributed by atoms with Gasteiger partial charge < -0.3 is 20.5 Å². The molecular weight excluding hydrogens is 444 g/mol. The van der Waals surface area contributed by atoms with E-state index in [1.807, 2.05) is 38.1 Å². The Kier molecular flexibility index (Phi) is 7.58. The maximum Gasteiger partial charge on any atom is 0.407 e. The molecule has 2 amide bonds. The van der Waals surface area contributed by atoms with Crippen LogP contribution in [0.3, 0.4) is 0 Å². The zero-order chi connectivity index (χ0) is 26.0. The van der Waals surface area contributed by atoms with Gasteiger partial charge in [-0.1, -0.05) is 62.4 Å². The van der Waals surface area contributed by atoms with Crippen molar-refractivity contribution in [1.82, 2.24) is 10.6 Å². The number of hydrogen-bond donors (Lipinski definition) is 3. The van der Waals surface area contributed by atoms with Crippen molar-refractivity contribution in [2.24, 2.45) is 11.3 Å². The van der Waals surface area contributed by atoms with Crippen molar-refractivity contribution in [2.45, 2.75) is 65.5 Å². The number of aliphatic carboxylic acids is 1. The molecule has 0 fully saturated rings. The van der Waals surface area contributed by atoms with Gasteiger partial charge in [-0.3, -0.25) is 9.59 Å². The topological polar surface area (TPSA) is 105 Å². The van der Waals surface area contributed by atoms with Crippen LogP contribution < -0.4 is 10.6 Å². The van der Waals surface area contributed by atoms with Gasteiger partial charge >= 0.3 is 12.1 Å². The lowest BCUT2D eigenvalue weighted by Crippen LogP contribution is -2.61. The maximum atomic E-state index is 13.1. The Labute approximate surface area is 207 Å².